The molecule has 0 bridgehead atoms. The number of hydrogen-bond donors (Lipinski definition) is 2. The molecule has 4 nitrogen and oxygen atoms in total. The topological polar surface area (TPSA) is 52.6 Å². The SMILES string of the molecule is O=CO.c1ccc(N2CCNCC2)cc1. The van der Waals surface area contributed by atoms with Crippen LogP contribution >= 0.6 is 0 Å². The molecule has 82 valence electrons. The highest BCUT2D eigenvalue weighted by Gasteiger charge is 2.08. The van der Waals surface area contributed by atoms with Crippen molar-refractivity contribution in [3.8, 4) is 0 Å². The van der Waals surface area contributed by atoms with Crippen LogP contribution in [0.15, 0.2) is 30.3 Å². The summed E-state index contributed by atoms with van der Waals surface area (Å²) in [6.45, 7) is 4.22. The third-order valence-corrected chi connectivity index (χ3v) is 2.24. The normalized spacial score (nSPS) is 15.1. The second-order valence-electron chi connectivity index (χ2n) is 3.18. The van der Waals surface area contributed by atoms with Gasteiger partial charge in [0.1, 0.15) is 0 Å². The van der Waals surface area contributed by atoms with E-state index in [4.69, 9.17) is 9.90 Å². The average Bonchev–Trinajstić information content (AvgIpc) is 2.32. The quantitative estimate of drug-likeness (QED) is 0.670. The number of piperazine rings is 1. The van der Waals surface area contributed by atoms with Crippen LogP contribution in [0.4, 0.5) is 5.69 Å². The molecule has 1 aromatic carbocycles. The summed E-state index contributed by atoms with van der Waals surface area (Å²) in [6, 6.07) is 10.6. The van der Waals surface area contributed by atoms with E-state index in [0.29, 0.717) is 0 Å². The number of benzene rings is 1. The van der Waals surface area contributed by atoms with Gasteiger partial charge < -0.3 is 15.3 Å². The van der Waals surface area contributed by atoms with E-state index in [9.17, 15) is 0 Å². The molecule has 1 heterocycles. The molecule has 0 atom stereocenters. The summed E-state index contributed by atoms with van der Waals surface area (Å²) in [7, 11) is 0. The molecule has 1 aliphatic heterocycles. The number of anilines is 1. The maximum atomic E-state index is 8.36. The summed E-state index contributed by atoms with van der Waals surface area (Å²) in [5.74, 6) is 0. The van der Waals surface area contributed by atoms with Gasteiger partial charge in [0.05, 0.1) is 0 Å². The first-order valence-electron chi connectivity index (χ1n) is 4.97. The Morgan fingerprint density at radius 2 is 1.73 bits per heavy atom. The van der Waals surface area contributed by atoms with Crippen molar-refractivity contribution in [3.63, 3.8) is 0 Å². The highest BCUT2D eigenvalue weighted by Crippen LogP contribution is 2.12. The van der Waals surface area contributed by atoms with Gasteiger partial charge in [-0.25, -0.2) is 0 Å². The molecular weight excluding hydrogens is 192 g/mol. The number of carbonyl (C=O) groups is 1. The lowest BCUT2D eigenvalue weighted by atomic mass is 10.2. The first-order valence-corrected chi connectivity index (χ1v) is 4.97. The summed E-state index contributed by atoms with van der Waals surface area (Å²) in [5, 5.41) is 10.2. The Bertz CT molecular complexity index is 271. The zero-order valence-electron chi connectivity index (χ0n) is 8.60. The molecule has 2 N–H and O–H groups in total. The maximum Gasteiger partial charge on any atom is 0.290 e. The van der Waals surface area contributed by atoms with Crippen molar-refractivity contribution in [2.24, 2.45) is 0 Å². The van der Waals surface area contributed by atoms with Crippen LogP contribution in [0.5, 0.6) is 0 Å². The van der Waals surface area contributed by atoms with Crippen molar-refractivity contribution in [1.29, 1.82) is 0 Å². The number of carboxylic acid groups (broad SMARTS) is 1. The first kappa shape index (κ1) is 11.5. The van der Waals surface area contributed by atoms with Crippen LogP contribution in [0.1, 0.15) is 0 Å². The highest BCUT2D eigenvalue weighted by atomic mass is 16.3. The van der Waals surface area contributed by atoms with E-state index in [1.165, 1.54) is 5.69 Å². The predicted molar refractivity (Wildman–Crippen MR) is 60.2 cm³/mol. The Labute approximate surface area is 89.5 Å². The minimum Gasteiger partial charge on any atom is -0.483 e. The van der Waals surface area contributed by atoms with Crippen LogP contribution in [0.25, 0.3) is 0 Å². The smallest absolute Gasteiger partial charge is 0.290 e. The maximum absolute atomic E-state index is 8.36. The molecule has 0 radical (unpaired) electrons. The molecule has 0 spiro atoms. The van der Waals surface area contributed by atoms with Gasteiger partial charge in [-0.05, 0) is 12.1 Å². The standard InChI is InChI=1S/C10H14N2.CH2O2/c1-2-4-10(5-3-1)12-8-6-11-7-9-12;2-1-3/h1-5,11H,6-9H2;1H,(H,2,3). The molecule has 1 saturated heterocycles. The summed E-state index contributed by atoms with van der Waals surface area (Å²) in [4.78, 5) is 10.8. The molecule has 15 heavy (non-hydrogen) atoms. The largest absolute Gasteiger partial charge is 0.483 e. The lowest BCUT2D eigenvalue weighted by Gasteiger charge is -2.29. The minimum absolute atomic E-state index is 0.250. The monoisotopic (exact) mass is 208 g/mol. The van der Waals surface area contributed by atoms with Crippen molar-refractivity contribution in [2.75, 3.05) is 31.1 Å². The lowest BCUT2D eigenvalue weighted by molar-refractivity contribution is -0.122. The van der Waals surface area contributed by atoms with Gasteiger partial charge in [0.2, 0.25) is 0 Å². The van der Waals surface area contributed by atoms with Gasteiger partial charge in [0.15, 0.2) is 0 Å². The van der Waals surface area contributed by atoms with Gasteiger partial charge in [-0.15, -0.1) is 0 Å². The van der Waals surface area contributed by atoms with E-state index in [1.807, 2.05) is 0 Å². The molecule has 0 unspecified atom stereocenters. The molecule has 4 heteroatoms. The molecule has 1 fully saturated rings. The number of hydrogen-bond acceptors (Lipinski definition) is 3. The van der Waals surface area contributed by atoms with Crippen LogP contribution in [0.3, 0.4) is 0 Å². The molecule has 1 aromatic rings. The Kier molecular flexibility index (Phi) is 5.25. The van der Waals surface area contributed by atoms with Crippen molar-refractivity contribution in [3.05, 3.63) is 30.3 Å². The average molecular weight is 208 g/mol. The fraction of sp³-hybridized carbons (Fsp3) is 0.364. The van der Waals surface area contributed by atoms with Crippen molar-refractivity contribution in [2.45, 2.75) is 0 Å². The number of para-hydroxylation sites is 1. The van der Waals surface area contributed by atoms with E-state index in [1.54, 1.807) is 0 Å². The van der Waals surface area contributed by atoms with E-state index in [2.05, 4.69) is 40.5 Å². The number of nitrogens with zero attached hydrogens (tertiary/aromatic N) is 1. The van der Waals surface area contributed by atoms with Crippen molar-refractivity contribution in [1.82, 2.24) is 5.32 Å². The van der Waals surface area contributed by atoms with E-state index >= 15 is 0 Å². The van der Waals surface area contributed by atoms with E-state index < -0.39 is 0 Å². The zero-order valence-corrected chi connectivity index (χ0v) is 8.60. The van der Waals surface area contributed by atoms with E-state index in [-0.39, 0.29) is 6.47 Å². The molecular formula is C11H16N2O2. The van der Waals surface area contributed by atoms with Crippen molar-refractivity contribution >= 4 is 12.2 Å². The Morgan fingerprint density at radius 3 is 2.27 bits per heavy atom. The first-order chi connectivity index (χ1) is 7.38. The molecule has 1 aliphatic rings. The fourth-order valence-electron chi connectivity index (χ4n) is 1.56. The minimum atomic E-state index is -0.250. The molecule has 0 saturated carbocycles. The zero-order chi connectivity index (χ0) is 10.9. The van der Waals surface area contributed by atoms with Crippen molar-refractivity contribution < 1.29 is 9.90 Å². The summed E-state index contributed by atoms with van der Waals surface area (Å²) in [6.07, 6.45) is 0. The Balaban J connectivity index is 0.000000337. The second-order valence-corrected chi connectivity index (χ2v) is 3.18. The molecule has 0 aliphatic carbocycles. The molecule has 0 amide bonds. The van der Waals surface area contributed by atoms with Crippen LogP contribution < -0.4 is 10.2 Å². The van der Waals surface area contributed by atoms with Gasteiger partial charge in [0, 0.05) is 31.9 Å². The van der Waals surface area contributed by atoms with Gasteiger partial charge in [-0.2, -0.15) is 0 Å². The van der Waals surface area contributed by atoms with Gasteiger partial charge in [-0.3, -0.25) is 4.79 Å². The van der Waals surface area contributed by atoms with Gasteiger partial charge in [-0.1, -0.05) is 18.2 Å². The van der Waals surface area contributed by atoms with Crippen LogP contribution in [-0.4, -0.2) is 37.8 Å². The number of rotatable bonds is 1. The Hall–Kier alpha value is -1.55. The van der Waals surface area contributed by atoms with Crippen LogP contribution in [0.2, 0.25) is 0 Å². The van der Waals surface area contributed by atoms with E-state index in [0.717, 1.165) is 26.2 Å². The molecule has 0 aromatic heterocycles. The summed E-state index contributed by atoms with van der Waals surface area (Å²) < 4.78 is 0. The predicted octanol–water partition coefficient (Wildman–Crippen LogP) is 0.797. The molecule has 2 rings (SSSR count). The summed E-state index contributed by atoms with van der Waals surface area (Å²) >= 11 is 0. The highest BCUT2D eigenvalue weighted by molar-refractivity contribution is 5.46. The third kappa shape index (κ3) is 3.99. The van der Waals surface area contributed by atoms with Crippen LogP contribution in [-0.2, 0) is 4.79 Å². The fourth-order valence-corrected chi connectivity index (χ4v) is 1.56. The van der Waals surface area contributed by atoms with Gasteiger partial charge in [0.25, 0.3) is 6.47 Å². The van der Waals surface area contributed by atoms with Crippen LogP contribution in [0, 0.1) is 0 Å². The third-order valence-electron chi connectivity index (χ3n) is 2.24. The number of nitrogens with one attached hydrogen (secondary N) is 1. The Morgan fingerprint density at radius 1 is 1.20 bits per heavy atom. The summed E-state index contributed by atoms with van der Waals surface area (Å²) in [5.41, 5.74) is 1.35. The second kappa shape index (κ2) is 6.84. The van der Waals surface area contributed by atoms with Gasteiger partial charge >= 0.3 is 0 Å². The lowest BCUT2D eigenvalue weighted by Crippen LogP contribution is -2.43.